The molecule has 17 heavy (non-hydrogen) atoms. The summed E-state index contributed by atoms with van der Waals surface area (Å²) in [6.07, 6.45) is 0. The number of hydrogen-bond acceptors (Lipinski definition) is 6. The number of carbonyl (C=O) groups is 1. The lowest BCUT2D eigenvalue weighted by Crippen LogP contribution is -2.47. The smallest absolute Gasteiger partial charge is 0.367 e. The normalized spacial score (nSPS) is 16.8. The molecule has 1 aromatic heterocycles. The number of thiazole rings is 1. The summed E-state index contributed by atoms with van der Waals surface area (Å²) in [7, 11) is 0. The average molecular weight is 256 g/mol. The van der Waals surface area contributed by atoms with Gasteiger partial charge in [-0.05, 0) is 6.92 Å². The van der Waals surface area contributed by atoms with Gasteiger partial charge in [-0.15, -0.1) is 11.3 Å². The third kappa shape index (κ3) is 3.02. The zero-order valence-electron chi connectivity index (χ0n) is 9.76. The number of hydrogen-bond donors (Lipinski definition) is 1. The Hall–Kier alpha value is -0.980. The summed E-state index contributed by atoms with van der Waals surface area (Å²) in [6, 6.07) is 0. The molecule has 1 aromatic rings. The molecule has 5 nitrogen and oxygen atoms in total. The van der Waals surface area contributed by atoms with Crippen molar-refractivity contribution in [1.29, 1.82) is 0 Å². The molecule has 1 aliphatic rings. The Morgan fingerprint density at radius 3 is 3.12 bits per heavy atom. The second-order valence-electron chi connectivity index (χ2n) is 4.11. The standard InChI is InChI=1S/C11H16N2O3S/c1-2-16-11(15)10-12-9(7-17-10)5-13-3-8(4-13)6-14/h7-8,14H,2-6H2,1H3. The van der Waals surface area contributed by atoms with Crippen LogP contribution in [0.5, 0.6) is 0 Å². The van der Waals surface area contributed by atoms with Crippen molar-refractivity contribution in [1.82, 2.24) is 9.88 Å². The van der Waals surface area contributed by atoms with Gasteiger partial charge < -0.3 is 9.84 Å². The predicted molar refractivity (Wildman–Crippen MR) is 63.9 cm³/mol. The van der Waals surface area contributed by atoms with Crippen molar-refractivity contribution in [3.05, 3.63) is 16.1 Å². The molecule has 0 radical (unpaired) electrons. The number of aromatic nitrogens is 1. The van der Waals surface area contributed by atoms with Crippen LogP contribution in [0, 0.1) is 5.92 Å². The summed E-state index contributed by atoms with van der Waals surface area (Å²) in [5.74, 6) is 0.0544. The number of aliphatic hydroxyl groups is 1. The van der Waals surface area contributed by atoms with Gasteiger partial charge in [0.25, 0.3) is 0 Å². The maximum absolute atomic E-state index is 11.4. The molecule has 94 valence electrons. The average Bonchev–Trinajstić information content (AvgIpc) is 2.71. The van der Waals surface area contributed by atoms with Crippen molar-refractivity contribution in [3.63, 3.8) is 0 Å². The molecule has 0 bridgehead atoms. The minimum absolute atomic E-state index is 0.252. The predicted octanol–water partition coefficient (Wildman–Crippen LogP) is 0.744. The first-order valence-corrected chi connectivity index (χ1v) is 6.55. The highest BCUT2D eigenvalue weighted by atomic mass is 32.1. The molecular weight excluding hydrogens is 240 g/mol. The molecule has 0 spiro atoms. The monoisotopic (exact) mass is 256 g/mol. The third-order valence-corrected chi connectivity index (χ3v) is 3.55. The van der Waals surface area contributed by atoms with Crippen LogP contribution >= 0.6 is 11.3 Å². The second-order valence-corrected chi connectivity index (χ2v) is 4.97. The van der Waals surface area contributed by atoms with E-state index in [0.717, 1.165) is 25.3 Å². The molecule has 0 saturated carbocycles. The molecule has 1 aliphatic heterocycles. The summed E-state index contributed by atoms with van der Waals surface area (Å²) >= 11 is 1.32. The van der Waals surface area contributed by atoms with Gasteiger partial charge in [0.15, 0.2) is 0 Å². The van der Waals surface area contributed by atoms with Crippen molar-refractivity contribution in [3.8, 4) is 0 Å². The highest BCUT2D eigenvalue weighted by Crippen LogP contribution is 2.19. The summed E-state index contributed by atoms with van der Waals surface area (Å²) in [5.41, 5.74) is 0.898. The molecule has 2 rings (SSSR count). The SMILES string of the molecule is CCOC(=O)c1nc(CN2CC(CO)C2)cs1. The number of esters is 1. The summed E-state index contributed by atoms with van der Waals surface area (Å²) < 4.78 is 4.88. The molecule has 0 aromatic carbocycles. The van der Waals surface area contributed by atoms with Gasteiger partial charge in [-0.2, -0.15) is 0 Å². The largest absolute Gasteiger partial charge is 0.461 e. The fourth-order valence-corrected chi connectivity index (χ4v) is 2.52. The fourth-order valence-electron chi connectivity index (χ4n) is 1.82. The number of aliphatic hydroxyl groups excluding tert-OH is 1. The molecule has 6 heteroatoms. The van der Waals surface area contributed by atoms with E-state index in [9.17, 15) is 4.79 Å². The Kier molecular flexibility index (Phi) is 4.09. The van der Waals surface area contributed by atoms with Crippen LogP contribution in [-0.2, 0) is 11.3 Å². The van der Waals surface area contributed by atoms with Crippen molar-refractivity contribution in [2.75, 3.05) is 26.3 Å². The Morgan fingerprint density at radius 2 is 2.47 bits per heavy atom. The molecule has 1 saturated heterocycles. The molecule has 2 heterocycles. The van der Waals surface area contributed by atoms with Gasteiger partial charge in [0.05, 0.1) is 12.3 Å². The summed E-state index contributed by atoms with van der Waals surface area (Å²) in [4.78, 5) is 17.8. The highest BCUT2D eigenvalue weighted by Gasteiger charge is 2.26. The van der Waals surface area contributed by atoms with Gasteiger partial charge in [0.2, 0.25) is 5.01 Å². The van der Waals surface area contributed by atoms with Crippen LogP contribution in [0.1, 0.15) is 22.4 Å². The first kappa shape index (κ1) is 12.5. The van der Waals surface area contributed by atoms with Gasteiger partial charge in [0.1, 0.15) is 0 Å². The number of likely N-dealkylation sites (tertiary alicyclic amines) is 1. The molecule has 1 N–H and O–H groups in total. The van der Waals surface area contributed by atoms with E-state index in [-0.39, 0.29) is 12.6 Å². The van der Waals surface area contributed by atoms with Gasteiger partial charge in [-0.1, -0.05) is 0 Å². The Bertz CT molecular complexity index is 388. The van der Waals surface area contributed by atoms with Crippen LogP contribution in [0.4, 0.5) is 0 Å². The van der Waals surface area contributed by atoms with Crippen molar-refractivity contribution in [2.45, 2.75) is 13.5 Å². The van der Waals surface area contributed by atoms with E-state index in [1.807, 2.05) is 5.38 Å². The van der Waals surface area contributed by atoms with Crippen molar-refractivity contribution in [2.24, 2.45) is 5.92 Å². The van der Waals surface area contributed by atoms with E-state index in [1.165, 1.54) is 11.3 Å². The highest BCUT2D eigenvalue weighted by molar-refractivity contribution is 7.11. The zero-order chi connectivity index (χ0) is 12.3. The molecule has 0 unspecified atom stereocenters. The molecule has 0 atom stereocenters. The van der Waals surface area contributed by atoms with Gasteiger partial charge in [-0.25, -0.2) is 9.78 Å². The topological polar surface area (TPSA) is 62.7 Å². The van der Waals surface area contributed by atoms with Crippen LogP contribution < -0.4 is 0 Å². The third-order valence-electron chi connectivity index (χ3n) is 2.68. The Labute approximate surface area is 104 Å². The lowest BCUT2D eigenvalue weighted by Gasteiger charge is -2.37. The Morgan fingerprint density at radius 1 is 1.71 bits per heavy atom. The van der Waals surface area contributed by atoms with Crippen LogP contribution in [0.15, 0.2) is 5.38 Å². The van der Waals surface area contributed by atoms with E-state index in [1.54, 1.807) is 6.92 Å². The second kappa shape index (κ2) is 5.57. The summed E-state index contributed by atoms with van der Waals surface area (Å²) in [6.45, 7) is 4.96. The maximum atomic E-state index is 11.4. The number of ether oxygens (including phenoxy) is 1. The Balaban J connectivity index is 1.84. The quantitative estimate of drug-likeness (QED) is 0.787. The van der Waals surface area contributed by atoms with E-state index < -0.39 is 0 Å². The van der Waals surface area contributed by atoms with Crippen LogP contribution in [-0.4, -0.2) is 47.3 Å². The molecular formula is C11H16N2O3S. The van der Waals surface area contributed by atoms with Gasteiger partial charge in [-0.3, -0.25) is 4.90 Å². The first-order valence-electron chi connectivity index (χ1n) is 5.67. The van der Waals surface area contributed by atoms with Crippen molar-refractivity contribution >= 4 is 17.3 Å². The minimum Gasteiger partial charge on any atom is -0.461 e. The van der Waals surface area contributed by atoms with Crippen LogP contribution in [0.25, 0.3) is 0 Å². The number of carbonyl (C=O) groups excluding carboxylic acids is 1. The lowest BCUT2D eigenvalue weighted by molar-refractivity contribution is 0.0467. The molecule has 0 amide bonds. The van der Waals surface area contributed by atoms with E-state index in [2.05, 4.69) is 9.88 Å². The fraction of sp³-hybridized carbons (Fsp3) is 0.636. The molecule has 1 fully saturated rings. The van der Waals surface area contributed by atoms with Crippen LogP contribution in [0.3, 0.4) is 0 Å². The van der Waals surface area contributed by atoms with E-state index in [4.69, 9.17) is 9.84 Å². The number of rotatable bonds is 5. The lowest BCUT2D eigenvalue weighted by atomic mass is 10.0. The van der Waals surface area contributed by atoms with Crippen molar-refractivity contribution < 1.29 is 14.6 Å². The van der Waals surface area contributed by atoms with Gasteiger partial charge >= 0.3 is 5.97 Å². The van der Waals surface area contributed by atoms with E-state index >= 15 is 0 Å². The minimum atomic E-state index is -0.347. The van der Waals surface area contributed by atoms with Crippen LogP contribution in [0.2, 0.25) is 0 Å². The van der Waals surface area contributed by atoms with E-state index in [0.29, 0.717) is 17.5 Å². The number of nitrogens with zero attached hydrogens (tertiary/aromatic N) is 2. The first-order chi connectivity index (χ1) is 8.22. The molecule has 0 aliphatic carbocycles. The van der Waals surface area contributed by atoms with Gasteiger partial charge in [0, 0.05) is 37.5 Å². The summed E-state index contributed by atoms with van der Waals surface area (Å²) in [5, 5.41) is 11.2. The zero-order valence-corrected chi connectivity index (χ0v) is 10.6. The maximum Gasteiger partial charge on any atom is 0.367 e.